The van der Waals surface area contributed by atoms with Crippen molar-refractivity contribution >= 4 is 11.8 Å². The number of tetrazole rings is 1. The Morgan fingerprint density at radius 3 is 2.76 bits per heavy atom. The van der Waals surface area contributed by atoms with Gasteiger partial charge in [-0.05, 0) is 29.5 Å². The Bertz CT molecular complexity index is 683. The fourth-order valence-corrected chi connectivity index (χ4v) is 2.52. The molecule has 21 heavy (non-hydrogen) atoms. The molecule has 1 aromatic carbocycles. The van der Waals surface area contributed by atoms with Crippen molar-refractivity contribution in [2.24, 2.45) is 5.41 Å². The molecule has 0 spiro atoms. The monoisotopic (exact) mass is 286 g/mol. The van der Waals surface area contributed by atoms with Crippen LogP contribution < -0.4 is 0 Å². The summed E-state index contributed by atoms with van der Waals surface area (Å²) >= 11 is 0. The van der Waals surface area contributed by atoms with E-state index in [1.165, 1.54) is 11.6 Å². The summed E-state index contributed by atoms with van der Waals surface area (Å²) < 4.78 is 6.52. The zero-order valence-electron chi connectivity index (χ0n) is 11.5. The molecule has 7 nitrogen and oxygen atoms in total. The first kappa shape index (κ1) is 13.4. The lowest BCUT2D eigenvalue weighted by Gasteiger charge is -2.20. The Morgan fingerprint density at radius 1 is 1.38 bits per heavy atom. The molecule has 1 aliphatic rings. The van der Waals surface area contributed by atoms with Crippen molar-refractivity contribution in [2.45, 2.75) is 19.8 Å². The molecule has 1 atom stereocenters. The van der Waals surface area contributed by atoms with E-state index >= 15 is 0 Å². The number of Topliss-reactive ketones (excluding diaryl/α,β-unsaturated/α-hetero) is 1. The molecule has 0 N–H and O–H groups in total. The van der Waals surface area contributed by atoms with Crippen LogP contribution in [0.1, 0.15) is 19.2 Å². The summed E-state index contributed by atoms with van der Waals surface area (Å²) in [5, 5.41) is 11.6. The SMILES string of the molecule is CC(=O)C1(Cc2nnnn2-c2ccccc2)CCOC1=O. The fraction of sp³-hybridized carbons (Fsp3) is 0.357. The van der Waals surface area contributed by atoms with Crippen molar-refractivity contribution < 1.29 is 14.3 Å². The van der Waals surface area contributed by atoms with Crippen LogP contribution >= 0.6 is 0 Å². The van der Waals surface area contributed by atoms with E-state index in [1.807, 2.05) is 30.3 Å². The molecule has 1 saturated heterocycles. The Kier molecular flexibility index (Phi) is 3.25. The number of para-hydroxylation sites is 1. The van der Waals surface area contributed by atoms with E-state index < -0.39 is 11.4 Å². The maximum Gasteiger partial charge on any atom is 0.320 e. The molecular formula is C14H14N4O3. The molecule has 2 heterocycles. The molecule has 0 aliphatic carbocycles. The Morgan fingerprint density at radius 2 is 2.14 bits per heavy atom. The number of cyclic esters (lactones) is 1. The summed E-state index contributed by atoms with van der Waals surface area (Å²) in [4.78, 5) is 24.0. The summed E-state index contributed by atoms with van der Waals surface area (Å²) in [7, 11) is 0. The second-order valence-electron chi connectivity index (χ2n) is 5.04. The number of aromatic nitrogens is 4. The molecule has 7 heteroatoms. The molecule has 1 aromatic heterocycles. The van der Waals surface area contributed by atoms with Gasteiger partial charge in [-0.1, -0.05) is 18.2 Å². The minimum Gasteiger partial charge on any atom is -0.465 e. The highest BCUT2D eigenvalue weighted by Gasteiger charge is 2.50. The molecule has 0 bridgehead atoms. The minimum absolute atomic E-state index is 0.142. The summed E-state index contributed by atoms with van der Waals surface area (Å²) in [6.45, 7) is 1.66. The van der Waals surface area contributed by atoms with Gasteiger partial charge in [0.05, 0.1) is 12.3 Å². The highest BCUT2D eigenvalue weighted by molar-refractivity contribution is 6.03. The number of ether oxygens (including phenoxy) is 1. The van der Waals surface area contributed by atoms with Gasteiger partial charge in [0.1, 0.15) is 11.2 Å². The molecule has 1 aliphatic heterocycles. The number of ketones is 1. The molecule has 0 radical (unpaired) electrons. The largest absolute Gasteiger partial charge is 0.465 e. The highest BCUT2D eigenvalue weighted by Crippen LogP contribution is 2.34. The first-order chi connectivity index (χ1) is 10.1. The van der Waals surface area contributed by atoms with E-state index in [-0.39, 0.29) is 18.8 Å². The predicted octanol–water partition coefficient (Wildman–Crippen LogP) is 0.727. The lowest BCUT2D eigenvalue weighted by Crippen LogP contribution is -2.37. The lowest BCUT2D eigenvalue weighted by molar-refractivity contribution is -0.150. The summed E-state index contributed by atoms with van der Waals surface area (Å²) in [6, 6.07) is 9.33. The minimum atomic E-state index is -1.17. The van der Waals surface area contributed by atoms with Crippen LogP contribution in [0.25, 0.3) is 5.69 Å². The van der Waals surface area contributed by atoms with E-state index in [4.69, 9.17) is 4.74 Å². The zero-order chi connectivity index (χ0) is 14.9. The number of esters is 1. The van der Waals surface area contributed by atoms with Crippen molar-refractivity contribution in [3.63, 3.8) is 0 Å². The molecule has 2 aromatic rings. The number of nitrogens with zero attached hydrogens (tertiary/aromatic N) is 4. The van der Waals surface area contributed by atoms with Crippen LogP contribution in [0, 0.1) is 5.41 Å². The van der Waals surface area contributed by atoms with Crippen LogP contribution in [0.5, 0.6) is 0 Å². The fourth-order valence-electron chi connectivity index (χ4n) is 2.52. The van der Waals surface area contributed by atoms with Gasteiger partial charge in [0.15, 0.2) is 5.82 Å². The third-order valence-corrected chi connectivity index (χ3v) is 3.82. The maximum atomic E-state index is 12.0. The van der Waals surface area contributed by atoms with Crippen LogP contribution in [0.4, 0.5) is 0 Å². The van der Waals surface area contributed by atoms with Crippen molar-refractivity contribution in [1.82, 2.24) is 20.2 Å². The van der Waals surface area contributed by atoms with Gasteiger partial charge in [-0.3, -0.25) is 9.59 Å². The van der Waals surface area contributed by atoms with E-state index in [1.54, 1.807) is 0 Å². The normalized spacial score (nSPS) is 21.3. The molecule has 0 saturated carbocycles. The van der Waals surface area contributed by atoms with Crippen molar-refractivity contribution in [3.8, 4) is 5.69 Å². The summed E-state index contributed by atoms with van der Waals surface area (Å²) in [6.07, 6.45) is 0.506. The van der Waals surface area contributed by atoms with Crippen molar-refractivity contribution in [2.75, 3.05) is 6.61 Å². The summed E-state index contributed by atoms with van der Waals surface area (Å²) in [5.74, 6) is -0.236. The number of carbonyl (C=O) groups is 2. The third-order valence-electron chi connectivity index (χ3n) is 3.82. The average Bonchev–Trinajstić information content (AvgIpc) is 3.08. The molecule has 1 unspecified atom stereocenters. The third kappa shape index (κ3) is 2.20. The average molecular weight is 286 g/mol. The first-order valence-electron chi connectivity index (χ1n) is 6.64. The van der Waals surface area contributed by atoms with Gasteiger partial charge in [-0.2, -0.15) is 4.68 Å². The van der Waals surface area contributed by atoms with Crippen LogP contribution in [0.15, 0.2) is 30.3 Å². The van der Waals surface area contributed by atoms with E-state index in [0.29, 0.717) is 12.2 Å². The van der Waals surface area contributed by atoms with Gasteiger partial charge < -0.3 is 4.74 Å². The maximum absolute atomic E-state index is 12.0. The number of carbonyl (C=O) groups excluding carboxylic acids is 2. The number of hydrogen-bond donors (Lipinski definition) is 0. The smallest absolute Gasteiger partial charge is 0.320 e. The number of hydrogen-bond acceptors (Lipinski definition) is 6. The number of benzene rings is 1. The predicted molar refractivity (Wildman–Crippen MR) is 71.5 cm³/mol. The first-order valence-corrected chi connectivity index (χ1v) is 6.64. The Labute approximate surface area is 120 Å². The standard InChI is InChI=1S/C14H14N4O3/c1-10(19)14(7-8-21-13(14)20)9-12-15-16-17-18(12)11-5-3-2-4-6-11/h2-6H,7-9H2,1H3. The lowest BCUT2D eigenvalue weighted by atomic mass is 9.79. The second-order valence-corrected chi connectivity index (χ2v) is 5.04. The van der Waals surface area contributed by atoms with Gasteiger partial charge in [-0.25, -0.2) is 0 Å². The van der Waals surface area contributed by atoms with Crippen LogP contribution in [-0.2, 0) is 20.7 Å². The highest BCUT2D eigenvalue weighted by atomic mass is 16.5. The molecule has 0 amide bonds. The van der Waals surface area contributed by atoms with Crippen LogP contribution in [0.3, 0.4) is 0 Å². The second kappa shape index (κ2) is 5.08. The van der Waals surface area contributed by atoms with Crippen molar-refractivity contribution in [3.05, 3.63) is 36.2 Å². The Balaban J connectivity index is 1.98. The zero-order valence-corrected chi connectivity index (χ0v) is 11.5. The van der Waals surface area contributed by atoms with Crippen LogP contribution in [0.2, 0.25) is 0 Å². The molecule has 108 valence electrons. The molecular weight excluding hydrogens is 272 g/mol. The molecule has 3 rings (SSSR count). The Hall–Kier alpha value is -2.57. The quantitative estimate of drug-likeness (QED) is 0.608. The number of rotatable bonds is 4. The van der Waals surface area contributed by atoms with Gasteiger partial charge >= 0.3 is 5.97 Å². The molecule has 1 fully saturated rings. The van der Waals surface area contributed by atoms with Gasteiger partial charge in [0.2, 0.25) is 0 Å². The topological polar surface area (TPSA) is 87.0 Å². The van der Waals surface area contributed by atoms with E-state index in [9.17, 15) is 9.59 Å². The van der Waals surface area contributed by atoms with Gasteiger partial charge in [0.25, 0.3) is 0 Å². The van der Waals surface area contributed by atoms with Gasteiger partial charge in [-0.15, -0.1) is 5.10 Å². The van der Waals surface area contributed by atoms with E-state index in [0.717, 1.165) is 5.69 Å². The van der Waals surface area contributed by atoms with Crippen molar-refractivity contribution in [1.29, 1.82) is 0 Å². The van der Waals surface area contributed by atoms with Crippen LogP contribution in [-0.4, -0.2) is 38.6 Å². The summed E-state index contributed by atoms with van der Waals surface area (Å²) in [5.41, 5.74) is -0.385. The van der Waals surface area contributed by atoms with Gasteiger partial charge in [0, 0.05) is 12.8 Å². The van der Waals surface area contributed by atoms with E-state index in [2.05, 4.69) is 15.5 Å².